The van der Waals surface area contributed by atoms with Crippen LogP contribution in [-0.4, -0.2) is 98.9 Å². The molecule has 0 saturated carbocycles. The molecule has 630 valence electrons. The first-order chi connectivity index (χ1) is 55.6. The van der Waals surface area contributed by atoms with Crippen molar-refractivity contribution in [3.63, 3.8) is 0 Å². The van der Waals surface area contributed by atoms with E-state index in [1.54, 1.807) is 48.2 Å². The molecule has 118 heavy (non-hydrogen) atoms. The normalized spacial score (nSPS) is 13.8. The summed E-state index contributed by atoms with van der Waals surface area (Å²) in [6.07, 6.45) is 21.3. The maximum atomic E-state index is 12.7. The first kappa shape index (κ1) is 92.4. The second-order valence-corrected chi connectivity index (χ2v) is 39.9. The Morgan fingerprint density at radius 3 is 1.28 bits per heavy atom. The molecule has 7 aromatic carbocycles. The molecule has 15 rings (SSSR count). The summed E-state index contributed by atoms with van der Waals surface area (Å²) in [4.78, 5) is 2.43. The van der Waals surface area contributed by atoms with Crippen LogP contribution in [0.25, 0.3) is 104 Å². The van der Waals surface area contributed by atoms with E-state index in [9.17, 15) is 69.5 Å². The van der Waals surface area contributed by atoms with Crippen molar-refractivity contribution >= 4 is 214 Å². The number of thioether (sulfide) groups is 1. The number of benzene rings is 7. The molecule has 0 amide bonds. The van der Waals surface area contributed by atoms with Crippen LogP contribution in [0.15, 0.2) is 197 Å². The number of nitrogens with zero attached hydrogens (tertiary/aromatic N) is 4. The second-order valence-electron chi connectivity index (χ2n) is 27.7. The Bertz CT molecular complexity index is 6450. The third kappa shape index (κ3) is 20.5. The minimum absolute atomic E-state index is 0.0761. The molecule has 8 heterocycles. The van der Waals surface area contributed by atoms with Crippen molar-refractivity contribution < 1.29 is 90.8 Å². The van der Waals surface area contributed by atoms with Gasteiger partial charge in [-0.2, -0.15) is 64.8 Å². The van der Waals surface area contributed by atoms with Crippen molar-refractivity contribution in [1.29, 1.82) is 0 Å². The number of thiophene rings is 4. The van der Waals surface area contributed by atoms with Crippen molar-refractivity contribution in [1.82, 2.24) is 18.3 Å². The van der Waals surface area contributed by atoms with Gasteiger partial charge in [-0.3, -0.25) is 13.0 Å². The number of alkyl halides is 9. The standard InChI is InChI=1S/C22H23NOS2.C21H19NS2.C15H18F3NO4S2.C15H18F3NO3S2.C8H5BOS.CHF3O3S/c1-4-7-15(2)23-13-12-17-19(23)11-10-18(22(17)26(3)24)21-14-16-8-5-6-9-20(16)25-21;1-3-6-13(2)22-12-11-14-17(22)10-9-16-19(14)24-20-15-7-4-5-8-18(15)23-21(16)20;1-4-5-10(2)19-9-8-11-12(19)6-7-13(14(11)24(3)20)23-25(21,22)15(16,17)18;1-4-5-10(2)19-9-8-11-12(19)6-7-13(14(11)23-3)22-24(20,21)15(16,17)18;10-9-8-5-6-3-1-2-4-7(6)11-8;2-1(3,4)8(5,6)7/h5-6,8-15H,4,7H2,1-3H3;4-5,7-13H,3,6H2,1-2H3;6-10H,4-5H2,1-3H3;6-10H,4-5H2,1-3H3;1-5H;(H,5,6,7). The Hall–Kier alpha value is -7.91. The first-order valence-corrected chi connectivity index (χ1v) is 48.9. The molecule has 0 spiro atoms. The maximum Gasteiger partial charge on any atom is 0.522 e. The van der Waals surface area contributed by atoms with Crippen LogP contribution in [0.4, 0.5) is 39.5 Å². The van der Waals surface area contributed by atoms with Crippen LogP contribution < -0.4 is 13.1 Å². The Morgan fingerprint density at radius 1 is 0.441 bits per heavy atom. The molecule has 0 aliphatic rings. The Balaban J connectivity index is 0.000000154. The summed E-state index contributed by atoms with van der Waals surface area (Å²) >= 11 is 8.34. The van der Waals surface area contributed by atoms with E-state index in [-0.39, 0.29) is 22.7 Å². The minimum Gasteiger partial charge on any atom is -0.279 e. The zero-order chi connectivity index (χ0) is 86.3. The molecule has 6 atom stereocenters. The minimum atomic E-state index is -5.84. The molecule has 0 bridgehead atoms. The van der Waals surface area contributed by atoms with Gasteiger partial charge in [0.1, 0.15) is 0 Å². The van der Waals surface area contributed by atoms with E-state index >= 15 is 0 Å². The van der Waals surface area contributed by atoms with E-state index in [0.29, 0.717) is 33.3 Å². The van der Waals surface area contributed by atoms with Crippen LogP contribution in [0.5, 0.6) is 11.5 Å². The summed E-state index contributed by atoms with van der Waals surface area (Å²) in [5, 5.41) is 8.82. The zero-order valence-corrected chi connectivity index (χ0v) is 73.7. The number of hydrogen-bond donors (Lipinski definition) is 1. The molecular formula is C82H84BF9N4O12S10. The fourth-order valence-electron chi connectivity index (χ4n) is 13.9. The van der Waals surface area contributed by atoms with E-state index in [0.717, 1.165) is 95.0 Å². The van der Waals surface area contributed by atoms with Crippen molar-refractivity contribution in [3.05, 3.63) is 183 Å². The van der Waals surface area contributed by atoms with Gasteiger partial charge in [-0.05, 0) is 150 Å². The monoisotopic (exact) mass is 1820 g/mol. The first-order valence-electron chi connectivity index (χ1n) is 37.1. The fraction of sp³-hybridized carbons (Fsp3) is 0.317. The zero-order valence-electron chi connectivity index (χ0n) is 65.6. The van der Waals surface area contributed by atoms with Crippen molar-refractivity contribution in [2.45, 2.75) is 162 Å². The van der Waals surface area contributed by atoms with E-state index in [4.69, 9.17) is 13.0 Å². The SMILES string of the molecule is CCCC(C)n1ccc2c(S(C)=O)c(-c3cc4ccccc4s3)ccc21.CCCC(C)n1ccc2c(S(C)=O)c(OS(=O)(=O)C(F)(F)F)ccc21.CCCC(C)n1ccc2c(SC)c(OS(=O)(=O)C(F)(F)F)ccc21.CCCC(C)n1ccc2c3sc4c5ccccc5sc4c3ccc21.O=Bc1cc2ccccc2s1.O=S(=O)(O)C(F)(F)F. The summed E-state index contributed by atoms with van der Waals surface area (Å²) in [6.45, 7) is 17.2. The van der Waals surface area contributed by atoms with Gasteiger partial charge in [0.15, 0.2) is 11.5 Å². The third-order valence-corrected chi connectivity index (χ3v) is 29.5. The molecule has 0 aliphatic carbocycles. The van der Waals surface area contributed by atoms with E-state index in [1.807, 2.05) is 82.2 Å². The average molecular weight is 1820 g/mol. The summed E-state index contributed by atoms with van der Waals surface area (Å²) in [6, 6.07) is 52.9. The molecule has 6 unspecified atom stereocenters. The summed E-state index contributed by atoms with van der Waals surface area (Å²) < 4.78 is 239. The van der Waals surface area contributed by atoms with Crippen molar-refractivity contribution in [2.75, 3.05) is 18.8 Å². The molecule has 15 aromatic rings. The molecule has 36 heteroatoms. The summed E-state index contributed by atoms with van der Waals surface area (Å²) in [5.41, 5.74) is -11.4. The van der Waals surface area contributed by atoms with Gasteiger partial charge in [0, 0.05) is 140 Å². The van der Waals surface area contributed by atoms with Gasteiger partial charge in [0.05, 0.1) is 45.7 Å². The Kier molecular flexibility index (Phi) is 30.1. The number of halogens is 9. The molecule has 1 N–H and O–H groups in total. The van der Waals surface area contributed by atoms with Crippen LogP contribution >= 0.6 is 57.1 Å². The van der Waals surface area contributed by atoms with Crippen molar-refractivity contribution in [2.24, 2.45) is 0 Å². The molecular weight excluding hydrogens is 1740 g/mol. The molecule has 0 saturated heterocycles. The van der Waals surface area contributed by atoms with Gasteiger partial charge in [-0.15, -0.1) is 45.8 Å². The van der Waals surface area contributed by atoms with Gasteiger partial charge < -0.3 is 26.6 Å². The van der Waals surface area contributed by atoms with Crippen molar-refractivity contribution in [3.8, 4) is 21.9 Å². The largest absolute Gasteiger partial charge is 0.522 e. The summed E-state index contributed by atoms with van der Waals surface area (Å²) in [7, 11) is -19.3. The molecule has 0 fully saturated rings. The topological polar surface area (TPSA) is 212 Å². The number of rotatable bonds is 21. The predicted molar refractivity (Wildman–Crippen MR) is 468 cm³/mol. The number of hydrogen-bond acceptors (Lipinski definition) is 16. The smallest absolute Gasteiger partial charge is 0.279 e. The van der Waals surface area contributed by atoms with Crippen LogP contribution in [-0.2, 0) is 56.7 Å². The van der Waals surface area contributed by atoms with Crippen LogP contribution in [0.1, 0.15) is 131 Å². The molecule has 8 aromatic heterocycles. The predicted octanol–water partition coefficient (Wildman–Crippen LogP) is 25.1. The maximum absolute atomic E-state index is 12.7. The summed E-state index contributed by atoms with van der Waals surface area (Å²) in [5.74, 6) is -0.889. The van der Waals surface area contributed by atoms with Crippen LogP contribution in [0.2, 0.25) is 0 Å². The van der Waals surface area contributed by atoms with E-state index in [2.05, 4.69) is 162 Å². The molecule has 16 nitrogen and oxygen atoms in total. The van der Waals surface area contributed by atoms with E-state index in [1.165, 1.54) is 108 Å². The van der Waals surface area contributed by atoms with Crippen LogP contribution in [0, 0.1) is 0 Å². The van der Waals surface area contributed by atoms with Gasteiger partial charge in [0.25, 0.3) is 0 Å². The van der Waals surface area contributed by atoms with Gasteiger partial charge in [0.2, 0.25) is 0 Å². The van der Waals surface area contributed by atoms with Gasteiger partial charge in [-0.1, -0.05) is 95.8 Å². The van der Waals surface area contributed by atoms with Gasteiger partial charge in [-0.25, -0.2) is 0 Å². The second kappa shape index (κ2) is 38.4. The number of aromatic nitrogens is 4. The quantitative estimate of drug-likeness (QED) is 0.0177. The molecule has 0 aliphatic heterocycles. The Morgan fingerprint density at radius 2 is 0.831 bits per heavy atom. The Labute approximate surface area is 703 Å². The van der Waals surface area contributed by atoms with Crippen LogP contribution in [0.3, 0.4) is 0 Å². The fourth-order valence-corrected chi connectivity index (χ4v) is 22.3. The van der Waals surface area contributed by atoms with Gasteiger partial charge >= 0.3 is 115 Å². The molecule has 0 radical (unpaired) electrons. The third-order valence-electron chi connectivity index (χ3n) is 19.4. The van der Waals surface area contributed by atoms with E-state index < -0.39 is 74.2 Å². The number of fused-ring (bicyclic) bond motifs is 12. The average Bonchev–Trinajstić information content (AvgIpc) is 1.61.